The van der Waals surface area contributed by atoms with E-state index in [1.165, 1.54) is 33.4 Å². The molecule has 34 heavy (non-hydrogen) atoms. The molecule has 5 rings (SSSR count). The maximum atomic E-state index is 2.35. The average Bonchev–Trinajstić information content (AvgIpc) is 3.50. The first-order valence-corrected chi connectivity index (χ1v) is 16.9. The summed E-state index contributed by atoms with van der Waals surface area (Å²) < 4.78 is 0. The van der Waals surface area contributed by atoms with Crippen LogP contribution in [-0.2, 0) is 23.3 Å². The Hall–Kier alpha value is -2.25. The Balaban J connectivity index is 0.000000180. The van der Waals surface area contributed by atoms with Gasteiger partial charge in [0.1, 0.15) is 0 Å². The van der Waals surface area contributed by atoms with E-state index in [0.29, 0.717) is 0 Å². The van der Waals surface area contributed by atoms with Crippen molar-refractivity contribution in [2.75, 3.05) is 0 Å². The molecule has 0 bridgehead atoms. The molecule has 5 aromatic rings. The van der Waals surface area contributed by atoms with Crippen LogP contribution in [0.3, 0.4) is 0 Å². The predicted molar refractivity (Wildman–Crippen MR) is 142 cm³/mol. The van der Waals surface area contributed by atoms with Gasteiger partial charge in [-0.15, -0.1) is 0 Å². The van der Waals surface area contributed by atoms with Crippen LogP contribution in [0.25, 0.3) is 22.3 Å². The summed E-state index contributed by atoms with van der Waals surface area (Å²) in [4.78, 5) is 0. The summed E-state index contributed by atoms with van der Waals surface area (Å²) in [5.41, 5.74) is 7.75. The zero-order valence-corrected chi connectivity index (χ0v) is 24.2. The molecule has 3 heteroatoms. The minimum Gasteiger partial charge on any atom is -1.00 e. The van der Waals surface area contributed by atoms with E-state index in [4.69, 9.17) is 0 Å². The monoisotopic (exact) mass is 555 g/mol. The molecule has 0 aliphatic heterocycles. The van der Waals surface area contributed by atoms with Gasteiger partial charge in [-0.25, -0.2) is 12.1 Å². The first kappa shape index (κ1) is 28.0. The van der Waals surface area contributed by atoms with E-state index in [0.717, 1.165) is 0 Å². The van der Waals surface area contributed by atoms with Crippen LogP contribution in [0.15, 0.2) is 127 Å². The molecule has 0 aliphatic carbocycles. The molecule has 0 saturated heterocycles. The Kier molecular flexibility index (Phi) is 12.3. The van der Waals surface area contributed by atoms with Crippen molar-refractivity contribution in [2.24, 2.45) is 0 Å². The molecule has 0 aromatic heterocycles. The second-order valence-corrected chi connectivity index (χ2v) is 15.4. The largest absolute Gasteiger partial charge is 1.00 e. The Morgan fingerprint density at radius 3 is 1.18 bits per heavy atom. The summed E-state index contributed by atoms with van der Waals surface area (Å²) in [6, 6.07) is 44.7. The molecule has 0 fully saturated rings. The number of rotatable bonds is 3. The normalized spacial score (nSPS) is 9.47. The quantitative estimate of drug-likeness (QED) is 0.221. The second-order valence-electron chi connectivity index (χ2n) is 8.08. The van der Waals surface area contributed by atoms with Gasteiger partial charge < -0.3 is 12.4 Å². The van der Waals surface area contributed by atoms with E-state index in [9.17, 15) is 0 Å². The van der Waals surface area contributed by atoms with Crippen LogP contribution < -0.4 is 17.6 Å². The van der Waals surface area contributed by atoms with E-state index >= 15 is 0 Å². The Labute approximate surface area is 226 Å². The van der Waals surface area contributed by atoms with Gasteiger partial charge in [-0.2, -0.15) is 46.5 Å². The van der Waals surface area contributed by atoms with Crippen molar-refractivity contribution in [2.45, 2.75) is 20.4 Å². The van der Waals surface area contributed by atoms with Gasteiger partial charge >= 0.3 is 70.8 Å². The minimum absolute atomic E-state index is 0. The molecule has 0 atom stereocenters. The standard InChI is InChI=1S/2C12H11.C7H8Si.ClH.Zr/c2*1-10-7-8-12(9-10)11-5-3-2-4-6-11;1-8-7-5-3-2-4-6-7;;/h2*2-9H,1H3;2-6H,1H3;1H;/q2*-1;;;/p-1. The average molecular weight is 557 g/mol. The zero-order valence-electron chi connectivity index (χ0n) is 20.0. The van der Waals surface area contributed by atoms with Gasteiger partial charge in [0.25, 0.3) is 0 Å². The van der Waals surface area contributed by atoms with Crippen molar-refractivity contribution in [3.05, 3.63) is 139 Å². The summed E-state index contributed by atoms with van der Waals surface area (Å²) in [6.07, 6.45) is 0. The van der Waals surface area contributed by atoms with Gasteiger partial charge in [-0.3, -0.25) is 0 Å². The van der Waals surface area contributed by atoms with Crippen molar-refractivity contribution in [1.29, 1.82) is 0 Å². The summed E-state index contributed by atoms with van der Waals surface area (Å²) in [7, 11) is 0. The van der Waals surface area contributed by atoms with Gasteiger partial charge in [0.15, 0.2) is 0 Å². The van der Waals surface area contributed by atoms with E-state index in [2.05, 4.69) is 136 Å². The molecular weight excluding hydrogens is 527 g/mol. The van der Waals surface area contributed by atoms with Gasteiger partial charge in [0.05, 0.1) is 0 Å². The van der Waals surface area contributed by atoms with Gasteiger partial charge in [0.2, 0.25) is 0 Å². The third-order valence-electron chi connectivity index (χ3n) is 5.24. The number of benzene rings is 3. The van der Waals surface area contributed by atoms with Crippen molar-refractivity contribution in [3.8, 4) is 22.3 Å². The van der Waals surface area contributed by atoms with Crippen LogP contribution >= 0.6 is 0 Å². The molecule has 0 heterocycles. The molecule has 0 saturated carbocycles. The second kappa shape index (κ2) is 14.9. The molecule has 5 aromatic carbocycles. The summed E-state index contributed by atoms with van der Waals surface area (Å²) in [5, 5.41) is 1.56. The van der Waals surface area contributed by atoms with Crippen LogP contribution in [0.5, 0.6) is 0 Å². The van der Waals surface area contributed by atoms with Crippen molar-refractivity contribution >= 4 is 10.6 Å². The molecule has 0 aliphatic rings. The summed E-state index contributed by atoms with van der Waals surface area (Å²) >= 11 is 1.69. The fourth-order valence-electron chi connectivity index (χ4n) is 3.43. The number of hydrogen-bond acceptors (Lipinski definition) is 0. The molecule has 0 amide bonds. The van der Waals surface area contributed by atoms with Crippen LogP contribution in [0.2, 0.25) is 6.55 Å². The van der Waals surface area contributed by atoms with Crippen molar-refractivity contribution in [3.63, 3.8) is 0 Å². The SMILES string of the molecule is C[Si](=[Zr])c1ccccc1.Cc1cc(-c2ccccc2)c[cH-]1.Cc1cc(-c2ccccc2)c[cH-]1.[Cl-]. The van der Waals surface area contributed by atoms with Crippen LogP contribution in [0, 0.1) is 13.8 Å². The molecular formula is C31H30ClSiZr-3. The van der Waals surface area contributed by atoms with Gasteiger partial charge in [-0.05, 0) is 0 Å². The maximum absolute atomic E-state index is 2.35. The molecule has 0 N–H and O–H groups in total. The molecule has 0 radical (unpaired) electrons. The number of hydrogen-bond donors (Lipinski definition) is 0. The van der Waals surface area contributed by atoms with Crippen molar-refractivity contribution in [1.82, 2.24) is 0 Å². The summed E-state index contributed by atoms with van der Waals surface area (Å²) in [5.74, 6) is 0. The Morgan fingerprint density at radius 1 is 0.559 bits per heavy atom. The van der Waals surface area contributed by atoms with Crippen LogP contribution in [0.4, 0.5) is 0 Å². The maximum Gasteiger partial charge on any atom is -0.0623 e. The number of halogens is 1. The fraction of sp³-hybridized carbons (Fsp3) is 0.0968. The molecule has 0 nitrogen and oxygen atoms in total. The van der Waals surface area contributed by atoms with Gasteiger partial charge in [0, 0.05) is 0 Å². The smallest absolute Gasteiger partial charge is 0.0623 e. The number of aryl methyl sites for hydroxylation is 2. The summed E-state index contributed by atoms with van der Waals surface area (Å²) in [6.45, 7) is 6.58. The van der Waals surface area contributed by atoms with Crippen LogP contribution in [0.1, 0.15) is 11.1 Å². The molecule has 0 unspecified atom stereocenters. The minimum atomic E-state index is -0.122. The van der Waals surface area contributed by atoms with Gasteiger partial charge in [-0.1, -0.05) is 85.6 Å². The third kappa shape index (κ3) is 9.18. The van der Waals surface area contributed by atoms with Crippen LogP contribution in [-0.4, -0.2) is 5.43 Å². The molecule has 0 spiro atoms. The zero-order chi connectivity index (χ0) is 23.5. The first-order valence-electron chi connectivity index (χ1n) is 11.2. The van der Waals surface area contributed by atoms with E-state index in [1.54, 1.807) is 28.5 Å². The molecule has 172 valence electrons. The topological polar surface area (TPSA) is 0 Å². The Morgan fingerprint density at radius 2 is 0.912 bits per heavy atom. The fourth-order valence-corrected chi connectivity index (χ4v) is 5.36. The third-order valence-corrected chi connectivity index (χ3v) is 8.57. The predicted octanol–water partition coefficient (Wildman–Crippen LogP) is 4.83. The first-order chi connectivity index (χ1) is 16.0. The Bertz CT molecular complexity index is 1160. The van der Waals surface area contributed by atoms with E-state index in [-0.39, 0.29) is 17.8 Å². The van der Waals surface area contributed by atoms with E-state index < -0.39 is 0 Å². The van der Waals surface area contributed by atoms with E-state index in [1.807, 2.05) is 12.1 Å². The van der Waals surface area contributed by atoms with Crippen molar-refractivity contribution < 1.29 is 35.7 Å².